The minimum atomic E-state index is -0.0311. The molecule has 18 heavy (non-hydrogen) atoms. The molecule has 0 aliphatic carbocycles. The first-order valence-electron chi connectivity index (χ1n) is 6.43. The van der Waals surface area contributed by atoms with E-state index in [1.807, 2.05) is 6.07 Å². The van der Waals surface area contributed by atoms with Gasteiger partial charge in [-0.1, -0.05) is 6.92 Å². The van der Waals surface area contributed by atoms with Crippen molar-refractivity contribution < 1.29 is 20.2 Å². The lowest BCUT2D eigenvalue weighted by molar-refractivity contribution is -0.926. The molecule has 1 saturated heterocycles. The molecule has 2 unspecified atom stereocenters. The van der Waals surface area contributed by atoms with Crippen LogP contribution in [-0.2, 0) is 0 Å². The fraction of sp³-hybridized carbons (Fsp3) is 0.571. The van der Waals surface area contributed by atoms with Gasteiger partial charge in [-0.2, -0.15) is 0 Å². The molecule has 1 aliphatic rings. The Bertz CT molecular complexity index is 408. The second-order valence-electron chi connectivity index (χ2n) is 5.33. The van der Waals surface area contributed by atoms with Gasteiger partial charge in [-0.05, 0) is 24.6 Å². The van der Waals surface area contributed by atoms with Crippen molar-refractivity contribution in [2.24, 2.45) is 0 Å². The van der Waals surface area contributed by atoms with Crippen LogP contribution in [-0.4, -0.2) is 40.3 Å². The van der Waals surface area contributed by atoms with Gasteiger partial charge < -0.3 is 20.2 Å². The zero-order valence-corrected chi connectivity index (χ0v) is 11.1. The number of aromatic hydroxyl groups is 2. The van der Waals surface area contributed by atoms with Crippen molar-refractivity contribution >= 4 is 0 Å². The summed E-state index contributed by atoms with van der Waals surface area (Å²) in [5.74, 6) is -0.0334. The first-order chi connectivity index (χ1) is 8.07. The van der Waals surface area contributed by atoms with Gasteiger partial charge in [0, 0.05) is 18.4 Å². The smallest absolute Gasteiger partial charge is 0.157 e. The van der Waals surface area contributed by atoms with Crippen molar-refractivity contribution in [2.45, 2.75) is 32.2 Å². The van der Waals surface area contributed by atoms with Crippen LogP contribution in [0, 0.1) is 0 Å². The summed E-state index contributed by atoms with van der Waals surface area (Å²) >= 11 is 0. The number of hydrogen-bond acceptors (Lipinski definition) is 3. The SMILES string of the molecule is CCC[N+]1(C)CCCC1c1ccc(O)c(O)c1.[OH-]. The monoisotopic (exact) mass is 253 g/mol. The van der Waals surface area contributed by atoms with Crippen LogP contribution >= 0.6 is 0 Å². The van der Waals surface area contributed by atoms with Gasteiger partial charge in [-0.25, -0.2) is 0 Å². The minimum Gasteiger partial charge on any atom is -0.870 e. The van der Waals surface area contributed by atoms with Crippen LogP contribution in [0.5, 0.6) is 11.5 Å². The molecule has 1 fully saturated rings. The summed E-state index contributed by atoms with van der Waals surface area (Å²) in [6, 6.07) is 5.72. The molecule has 3 N–H and O–H groups in total. The first kappa shape index (κ1) is 14.8. The molecular weight excluding hydrogens is 230 g/mol. The minimum absolute atomic E-state index is 0. The molecule has 0 bridgehead atoms. The molecule has 2 rings (SSSR count). The molecule has 102 valence electrons. The van der Waals surface area contributed by atoms with Gasteiger partial charge in [0.1, 0.15) is 6.04 Å². The third kappa shape index (κ3) is 2.60. The highest BCUT2D eigenvalue weighted by atomic mass is 16.3. The van der Waals surface area contributed by atoms with E-state index in [0.29, 0.717) is 6.04 Å². The van der Waals surface area contributed by atoms with E-state index >= 15 is 0 Å². The summed E-state index contributed by atoms with van der Waals surface area (Å²) in [6.45, 7) is 4.60. The summed E-state index contributed by atoms with van der Waals surface area (Å²) in [7, 11) is 2.30. The summed E-state index contributed by atoms with van der Waals surface area (Å²) in [5, 5.41) is 19.0. The van der Waals surface area contributed by atoms with Crippen molar-refractivity contribution in [2.75, 3.05) is 20.1 Å². The standard InChI is InChI=1S/C14H21NO2.H2O/c1-3-8-15(2)9-4-5-12(15)11-6-7-13(16)14(17)10-11;/h6-7,10,12H,3-5,8-9H2,1-2H3,(H-,16,17);1H2. The Kier molecular flexibility index (Phi) is 4.59. The Balaban J connectivity index is 0.00000162. The van der Waals surface area contributed by atoms with Gasteiger partial charge in [-0.15, -0.1) is 0 Å². The normalized spacial score (nSPS) is 26.9. The maximum Gasteiger partial charge on any atom is 0.157 e. The molecule has 2 atom stereocenters. The quantitative estimate of drug-likeness (QED) is 0.642. The highest BCUT2D eigenvalue weighted by Gasteiger charge is 2.38. The van der Waals surface area contributed by atoms with E-state index in [2.05, 4.69) is 14.0 Å². The molecule has 0 spiro atoms. The van der Waals surface area contributed by atoms with Gasteiger partial charge in [0.15, 0.2) is 11.5 Å². The average Bonchev–Trinajstić information content (AvgIpc) is 2.65. The Hall–Kier alpha value is -1.26. The Labute approximate surface area is 108 Å². The largest absolute Gasteiger partial charge is 0.870 e. The molecule has 1 aromatic rings. The third-order valence-corrected chi connectivity index (χ3v) is 4.02. The lowest BCUT2D eigenvalue weighted by Gasteiger charge is -2.36. The molecular formula is C14H23NO3. The van der Waals surface area contributed by atoms with Gasteiger partial charge in [0.2, 0.25) is 0 Å². The third-order valence-electron chi connectivity index (χ3n) is 4.02. The van der Waals surface area contributed by atoms with Crippen LogP contribution in [0.2, 0.25) is 0 Å². The van der Waals surface area contributed by atoms with E-state index in [1.165, 1.54) is 32.4 Å². The van der Waals surface area contributed by atoms with Crippen molar-refractivity contribution in [3.05, 3.63) is 23.8 Å². The number of quaternary nitrogens is 1. The maximum atomic E-state index is 9.60. The molecule has 0 aromatic heterocycles. The zero-order valence-electron chi connectivity index (χ0n) is 11.1. The van der Waals surface area contributed by atoms with E-state index in [-0.39, 0.29) is 17.0 Å². The van der Waals surface area contributed by atoms with E-state index in [1.54, 1.807) is 12.1 Å². The topological polar surface area (TPSA) is 70.5 Å². The Morgan fingerprint density at radius 2 is 2.00 bits per heavy atom. The Morgan fingerprint density at radius 3 is 2.61 bits per heavy atom. The fourth-order valence-electron chi connectivity index (χ4n) is 3.17. The number of hydrogen-bond donors (Lipinski definition) is 2. The lowest BCUT2D eigenvalue weighted by atomic mass is 10.0. The highest BCUT2D eigenvalue weighted by Crippen LogP contribution is 2.40. The molecule has 1 heterocycles. The predicted octanol–water partition coefficient (Wildman–Crippen LogP) is 2.61. The summed E-state index contributed by atoms with van der Waals surface area (Å²) in [6.07, 6.45) is 3.58. The predicted molar refractivity (Wildman–Crippen MR) is 69.9 cm³/mol. The average molecular weight is 253 g/mol. The van der Waals surface area contributed by atoms with Crippen LogP contribution < -0.4 is 0 Å². The van der Waals surface area contributed by atoms with Crippen molar-refractivity contribution in [3.8, 4) is 11.5 Å². The van der Waals surface area contributed by atoms with Crippen LogP contribution in [0.25, 0.3) is 0 Å². The molecule has 1 aromatic carbocycles. The van der Waals surface area contributed by atoms with Crippen molar-refractivity contribution in [1.82, 2.24) is 0 Å². The molecule has 4 nitrogen and oxygen atoms in total. The molecule has 1 aliphatic heterocycles. The van der Waals surface area contributed by atoms with Crippen LogP contribution in [0.3, 0.4) is 0 Å². The van der Waals surface area contributed by atoms with Gasteiger partial charge >= 0.3 is 0 Å². The first-order valence-corrected chi connectivity index (χ1v) is 6.43. The number of phenols is 2. The summed E-state index contributed by atoms with van der Waals surface area (Å²) in [5.41, 5.74) is 1.15. The van der Waals surface area contributed by atoms with Crippen LogP contribution in [0.4, 0.5) is 0 Å². The van der Waals surface area contributed by atoms with Gasteiger partial charge in [0.25, 0.3) is 0 Å². The van der Waals surface area contributed by atoms with E-state index in [9.17, 15) is 10.2 Å². The fourth-order valence-corrected chi connectivity index (χ4v) is 3.17. The number of benzene rings is 1. The number of likely N-dealkylation sites (tertiary alicyclic amines) is 1. The molecule has 4 heteroatoms. The second-order valence-corrected chi connectivity index (χ2v) is 5.33. The second kappa shape index (κ2) is 5.59. The zero-order chi connectivity index (χ0) is 12.5. The van der Waals surface area contributed by atoms with E-state index < -0.39 is 0 Å². The van der Waals surface area contributed by atoms with Crippen LogP contribution in [0.15, 0.2) is 18.2 Å². The van der Waals surface area contributed by atoms with Crippen molar-refractivity contribution in [1.29, 1.82) is 0 Å². The summed E-state index contributed by atoms with van der Waals surface area (Å²) in [4.78, 5) is 0. The molecule has 0 radical (unpaired) electrons. The van der Waals surface area contributed by atoms with E-state index in [4.69, 9.17) is 0 Å². The molecule has 0 saturated carbocycles. The number of nitrogens with zero attached hydrogens (tertiary/aromatic N) is 1. The highest BCUT2D eigenvalue weighted by molar-refractivity contribution is 5.41. The van der Waals surface area contributed by atoms with Gasteiger partial charge in [0.05, 0.1) is 20.1 Å². The number of phenolic OH excluding ortho intramolecular Hbond substituents is 2. The Morgan fingerprint density at radius 1 is 1.28 bits per heavy atom. The van der Waals surface area contributed by atoms with Gasteiger partial charge in [-0.3, -0.25) is 0 Å². The van der Waals surface area contributed by atoms with Crippen molar-refractivity contribution in [3.63, 3.8) is 0 Å². The number of rotatable bonds is 3. The summed E-state index contributed by atoms with van der Waals surface area (Å²) < 4.78 is 1.06. The van der Waals surface area contributed by atoms with Crippen LogP contribution in [0.1, 0.15) is 37.8 Å². The molecule has 0 amide bonds. The lowest BCUT2D eigenvalue weighted by Crippen LogP contribution is -2.43. The van der Waals surface area contributed by atoms with E-state index in [0.717, 1.165) is 10.0 Å². The maximum absolute atomic E-state index is 9.60.